The molecule has 1 aromatic carbocycles. The van der Waals surface area contributed by atoms with Crippen LogP contribution >= 0.6 is 0 Å². The summed E-state index contributed by atoms with van der Waals surface area (Å²) in [6.07, 6.45) is 1.07. The Morgan fingerprint density at radius 1 is 1.17 bits per heavy atom. The third-order valence-electron chi connectivity index (χ3n) is 3.17. The second-order valence-corrected chi connectivity index (χ2v) is 5.24. The van der Waals surface area contributed by atoms with Crippen LogP contribution in [0, 0.1) is 5.41 Å². The van der Waals surface area contributed by atoms with E-state index >= 15 is 0 Å². The number of amides is 1. The van der Waals surface area contributed by atoms with Crippen molar-refractivity contribution in [3.8, 4) is 0 Å². The van der Waals surface area contributed by atoms with Crippen molar-refractivity contribution >= 4 is 5.91 Å². The van der Waals surface area contributed by atoms with E-state index in [2.05, 4.69) is 41.8 Å². The zero-order valence-corrected chi connectivity index (χ0v) is 11.8. The van der Waals surface area contributed by atoms with Crippen molar-refractivity contribution < 1.29 is 4.79 Å². The molecule has 0 saturated heterocycles. The standard InChI is InChI=1S/C15H24N2O/c1-5-12-6-8-13(9-7-12)10-17-11-15(2,3)14(18)16-4/h6-9,17H,5,10-11H2,1-4H3,(H,16,18). The summed E-state index contributed by atoms with van der Waals surface area (Å²) in [6, 6.07) is 8.58. The quantitative estimate of drug-likeness (QED) is 0.809. The number of benzene rings is 1. The molecule has 18 heavy (non-hydrogen) atoms. The van der Waals surface area contributed by atoms with E-state index in [1.54, 1.807) is 7.05 Å². The molecular formula is C15H24N2O. The van der Waals surface area contributed by atoms with E-state index in [9.17, 15) is 4.79 Å². The summed E-state index contributed by atoms with van der Waals surface area (Å²) in [5.41, 5.74) is 2.22. The third-order valence-corrected chi connectivity index (χ3v) is 3.17. The summed E-state index contributed by atoms with van der Waals surface area (Å²) in [7, 11) is 1.67. The highest BCUT2D eigenvalue weighted by Gasteiger charge is 2.25. The Morgan fingerprint density at radius 3 is 2.22 bits per heavy atom. The Bertz CT molecular complexity index is 382. The molecule has 0 aliphatic carbocycles. The van der Waals surface area contributed by atoms with Gasteiger partial charge in [-0.05, 0) is 31.4 Å². The SMILES string of the molecule is CCc1ccc(CNCC(C)(C)C(=O)NC)cc1. The van der Waals surface area contributed by atoms with Crippen molar-refractivity contribution in [2.45, 2.75) is 33.7 Å². The number of carbonyl (C=O) groups is 1. The van der Waals surface area contributed by atoms with E-state index in [1.807, 2.05) is 13.8 Å². The fraction of sp³-hybridized carbons (Fsp3) is 0.533. The van der Waals surface area contributed by atoms with Crippen molar-refractivity contribution in [1.82, 2.24) is 10.6 Å². The number of carbonyl (C=O) groups excluding carboxylic acids is 1. The molecule has 1 amide bonds. The van der Waals surface area contributed by atoms with E-state index in [0.717, 1.165) is 13.0 Å². The Morgan fingerprint density at radius 2 is 1.72 bits per heavy atom. The summed E-state index contributed by atoms with van der Waals surface area (Å²) >= 11 is 0. The van der Waals surface area contributed by atoms with Gasteiger partial charge in [0.1, 0.15) is 0 Å². The zero-order valence-electron chi connectivity index (χ0n) is 11.8. The Hall–Kier alpha value is -1.35. The molecule has 0 atom stereocenters. The van der Waals surface area contributed by atoms with Crippen LogP contribution in [0.4, 0.5) is 0 Å². The lowest BCUT2D eigenvalue weighted by atomic mass is 9.92. The van der Waals surface area contributed by atoms with Crippen LogP contribution in [-0.2, 0) is 17.8 Å². The minimum Gasteiger partial charge on any atom is -0.359 e. The Kier molecular flexibility index (Phi) is 5.35. The lowest BCUT2D eigenvalue weighted by Crippen LogP contribution is -2.41. The summed E-state index contributed by atoms with van der Waals surface area (Å²) in [6.45, 7) is 7.50. The van der Waals surface area contributed by atoms with Crippen molar-refractivity contribution in [3.05, 3.63) is 35.4 Å². The van der Waals surface area contributed by atoms with Crippen molar-refractivity contribution in [2.24, 2.45) is 5.41 Å². The molecule has 0 aliphatic heterocycles. The summed E-state index contributed by atoms with van der Waals surface area (Å²) < 4.78 is 0. The molecule has 1 rings (SSSR count). The van der Waals surface area contributed by atoms with E-state index in [0.29, 0.717) is 6.54 Å². The maximum absolute atomic E-state index is 11.6. The first-order chi connectivity index (χ1) is 8.49. The second kappa shape index (κ2) is 6.55. The normalized spacial score (nSPS) is 11.3. The topological polar surface area (TPSA) is 41.1 Å². The molecule has 0 aromatic heterocycles. The molecule has 0 fully saturated rings. The van der Waals surface area contributed by atoms with Gasteiger partial charge in [-0.15, -0.1) is 0 Å². The molecule has 0 saturated carbocycles. The molecule has 1 aromatic rings. The lowest BCUT2D eigenvalue weighted by Gasteiger charge is -2.23. The van der Waals surface area contributed by atoms with Gasteiger partial charge in [0.25, 0.3) is 0 Å². The zero-order chi connectivity index (χ0) is 13.6. The maximum Gasteiger partial charge on any atom is 0.226 e. The maximum atomic E-state index is 11.6. The van der Waals surface area contributed by atoms with Crippen LogP contribution < -0.4 is 10.6 Å². The van der Waals surface area contributed by atoms with E-state index in [-0.39, 0.29) is 11.3 Å². The monoisotopic (exact) mass is 248 g/mol. The van der Waals surface area contributed by atoms with Crippen LogP contribution in [0.25, 0.3) is 0 Å². The average Bonchev–Trinajstić information content (AvgIpc) is 2.38. The minimum atomic E-state index is -0.377. The average molecular weight is 248 g/mol. The van der Waals surface area contributed by atoms with Crippen LogP contribution in [0.5, 0.6) is 0 Å². The third kappa shape index (κ3) is 4.15. The predicted molar refractivity (Wildman–Crippen MR) is 75.4 cm³/mol. The van der Waals surface area contributed by atoms with Gasteiger partial charge in [0.15, 0.2) is 0 Å². The van der Waals surface area contributed by atoms with Gasteiger partial charge in [0.2, 0.25) is 5.91 Å². The molecule has 0 bridgehead atoms. The van der Waals surface area contributed by atoms with Crippen molar-refractivity contribution in [2.75, 3.05) is 13.6 Å². The van der Waals surface area contributed by atoms with Gasteiger partial charge in [-0.2, -0.15) is 0 Å². The highest BCUT2D eigenvalue weighted by atomic mass is 16.2. The Balaban J connectivity index is 2.43. The summed E-state index contributed by atoms with van der Waals surface area (Å²) in [5.74, 6) is 0.0660. The van der Waals surface area contributed by atoms with Gasteiger partial charge in [-0.25, -0.2) is 0 Å². The fourth-order valence-electron chi connectivity index (χ4n) is 1.83. The molecule has 0 radical (unpaired) electrons. The lowest BCUT2D eigenvalue weighted by molar-refractivity contribution is -0.128. The molecule has 0 heterocycles. The summed E-state index contributed by atoms with van der Waals surface area (Å²) in [4.78, 5) is 11.6. The molecule has 100 valence electrons. The first kappa shape index (κ1) is 14.7. The van der Waals surface area contributed by atoms with Gasteiger partial charge in [-0.3, -0.25) is 4.79 Å². The van der Waals surface area contributed by atoms with Gasteiger partial charge in [0.05, 0.1) is 5.41 Å². The number of hydrogen-bond acceptors (Lipinski definition) is 2. The van der Waals surface area contributed by atoms with Gasteiger partial charge < -0.3 is 10.6 Å². The summed E-state index contributed by atoms with van der Waals surface area (Å²) in [5, 5.41) is 6.02. The number of rotatable bonds is 6. The first-order valence-electron chi connectivity index (χ1n) is 6.50. The van der Waals surface area contributed by atoms with E-state index in [4.69, 9.17) is 0 Å². The molecule has 0 aliphatic rings. The van der Waals surface area contributed by atoms with Crippen LogP contribution in [0.15, 0.2) is 24.3 Å². The van der Waals surface area contributed by atoms with Crippen molar-refractivity contribution in [3.63, 3.8) is 0 Å². The van der Waals surface area contributed by atoms with Crippen LogP contribution in [0.2, 0.25) is 0 Å². The smallest absolute Gasteiger partial charge is 0.226 e. The Labute approximate surface area is 110 Å². The van der Waals surface area contributed by atoms with Gasteiger partial charge >= 0.3 is 0 Å². The van der Waals surface area contributed by atoms with Gasteiger partial charge in [0, 0.05) is 20.1 Å². The minimum absolute atomic E-state index is 0.0660. The van der Waals surface area contributed by atoms with Crippen LogP contribution in [0.1, 0.15) is 31.9 Å². The van der Waals surface area contributed by atoms with E-state index in [1.165, 1.54) is 11.1 Å². The highest BCUT2D eigenvalue weighted by Crippen LogP contribution is 2.13. The molecule has 2 N–H and O–H groups in total. The fourth-order valence-corrected chi connectivity index (χ4v) is 1.83. The molecular weight excluding hydrogens is 224 g/mol. The largest absolute Gasteiger partial charge is 0.359 e. The van der Waals surface area contributed by atoms with Crippen molar-refractivity contribution in [1.29, 1.82) is 0 Å². The van der Waals surface area contributed by atoms with Crippen LogP contribution in [0.3, 0.4) is 0 Å². The van der Waals surface area contributed by atoms with E-state index < -0.39 is 0 Å². The number of aryl methyl sites for hydroxylation is 1. The molecule has 0 unspecified atom stereocenters. The second-order valence-electron chi connectivity index (χ2n) is 5.24. The number of hydrogen-bond donors (Lipinski definition) is 2. The predicted octanol–water partition coefficient (Wildman–Crippen LogP) is 2.11. The molecule has 3 heteroatoms. The number of nitrogens with one attached hydrogen (secondary N) is 2. The van der Waals surface area contributed by atoms with Crippen LogP contribution in [-0.4, -0.2) is 19.5 Å². The highest BCUT2D eigenvalue weighted by molar-refractivity contribution is 5.81. The molecule has 0 spiro atoms. The van der Waals surface area contributed by atoms with Gasteiger partial charge in [-0.1, -0.05) is 31.2 Å². The molecule has 3 nitrogen and oxygen atoms in total. The first-order valence-corrected chi connectivity index (χ1v) is 6.50.